The molecule has 2 N–H and O–H groups in total. The molecule has 0 bridgehead atoms. The number of hydrogen-bond donors (Lipinski definition) is 1. The van der Waals surface area contributed by atoms with Gasteiger partial charge in [-0.05, 0) is 49.6 Å². The highest BCUT2D eigenvalue weighted by molar-refractivity contribution is 9.13. The molecule has 0 radical (unpaired) electrons. The van der Waals surface area contributed by atoms with Crippen LogP contribution in [0, 0.1) is 0 Å². The van der Waals surface area contributed by atoms with E-state index in [1.807, 2.05) is 30.4 Å². The number of rotatable bonds is 2. The minimum Gasteiger partial charge on any atom is -0.327 e. The molecule has 0 amide bonds. The second kappa shape index (κ2) is 4.80. The van der Waals surface area contributed by atoms with Gasteiger partial charge in [0.05, 0.1) is 0 Å². The van der Waals surface area contributed by atoms with Crippen LogP contribution in [-0.2, 0) is 0 Å². The molecule has 0 aromatic heterocycles. The van der Waals surface area contributed by atoms with Crippen LogP contribution in [0.5, 0.6) is 0 Å². The highest BCUT2D eigenvalue weighted by Crippen LogP contribution is 2.24. The van der Waals surface area contributed by atoms with Gasteiger partial charge in [0.15, 0.2) is 0 Å². The summed E-state index contributed by atoms with van der Waals surface area (Å²) in [6, 6.07) is 6.07. The van der Waals surface area contributed by atoms with Crippen molar-refractivity contribution in [3.8, 4) is 0 Å². The largest absolute Gasteiger partial charge is 0.327 e. The number of halogens is 2. The van der Waals surface area contributed by atoms with Crippen molar-refractivity contribution in [2.24, 2.45) is 5.73 Å². The predicted octanol–water partition coefficient (Wildman–Crippen LogP) is 3.18. The third-order valence-electron chi connectivity index (χ3n) is 1.39. The molecule has 1 nitrogen and oxygen atoms in total. The molecule has 1 aromatic carbocycles. The summed E-state index contributed by atoms with van der Waals surface area (Å²) < 4.78 is 2.12. The lowest BCUT2D eigenvalue weighted by atomic mass is 10.2. The first kappa shape index (κ1) is 9.96. The van der Waals surface area contributed by atoms with Crippen LogP contribution < -0.4 is 5.73 Å². The molecule has 0 aliphatic carbocycles. The second-order valence-electron chi connectivity index (χ2n) is 2.31. The van der Waals surface area contributed by atoms with E-state index in [0.29, 0.717) is 6.54 Å². The van der Waals surface area contributed by atoms with Crippen molar-refractivity contribution >= 4 is 37.9 Å². The third-order valence-corrected chi connectivity index (χ3v) is 3.27. The van der Waals surface area contributed by atoms with Crippen LogP contribution in [0.1, 0.15) is 5.56 Å². The topological polar surface area (TPSA) is 26.0 Å². The van der Waals surface area contributed by atoms with Crippen molar-refractivity contribution in [1.29, 1.82) is 0 Å². The average Bonchev–Trinajstić information content (AvgIpc) is 2.07. The zero-order valence-corrected chi connectivity index (χ0v) is 9.60. The van der Waals surface area contributed by atoms with E-state index >= 15 is 0 Å². The third kappa shape index (κ3) is 2.73. The van der Waals surface area contributed by atoms with Gasteiger partial charge in [0.25, 0.3) is 0 Å². The predicted molar refractivity (Wildman–Crippen MR) is 59.9 cm³/mol. The Balaban J connectivity index is 2.89. The second-order valence-corrected chi connectivity index (χ2v) is 4.02. The number of hydrogen-bond acceptors (Lipinski definition) is 1. The fourth-order valence-corrected chi connectivity index (χ4v) is 1.46. The molecule has 0 aliphatic heterocycles. The Kier molecular flexibility index (Phi) is 3.98. The van der Waals surface area contributed by atoms with Crippen molar-refractivity contribution < 1.29 is 0 Å². The van der Waals surface area contributed by atoms with E-state index in [1.54, 1.807) is 0 Å². The van der Waals surface area contributed by atoms with Gasteiger partial charge in [-0.25, -0.2) is 0 Å². The molecular formula is C9H9Br2N. The summed E-state index contributed by atoms with van der Waals surface area (Å²) in [4.78, 5) is 0. The van der Waals surface area contributed by atoms with Gasteiger partial charge in [0, 0.05) is 15.5 Å². The smallest absolute Gasteiger partial charge is 0.0323 e. The fraction of sp³-hybridized carbons (Fsp3) is 0.111. The number of benzene rings is 1. The van der Waals surface area contributed by atoms with Gasteiger partial charge in [-0.1, -0.05) is 18.2 Å². The number of nitrogens with two attached hydrogens (primary N) is 1. The Morgan fingerprint density at radius 3 is 2.58 bits per heavy atom. The molecule has 12 heavy (non-hydrogen) atoms. The molecule has 0 spiro atoms. The van der Waals surface area contributed by atoms with E-state index in [-0.39, 0.29) is 0 Å². The molecule has 0 saturated carbocycles. The van der Waals surface area contributed by atoms with E-state index in [2.05, 4.69) is 31.9 Å². The summed E-state index contributed by atoms with van der Waals surface area (Å²) in [7, 11) is 0. The molecule has 3 heteroatoms. The molecule has 0 atom stereocenters. The molecule has 0 saturated heterocycles. The monoisotopic (exact) mass is 289 g/mol. The van der Waals surface area contributed by atoms with E-state index in [9.17, 15) is 0 Å². The van der Waals surface area contributed by atoms with Crippen LogP contribution in [0.4, 0.5) is 0 Å². The lowest BCUT2D eigenvalue weighted by molar-refractivity contribution is 1.26. The average molecular weight is 291 g/mol. The zero-order chi connectivity index (χ0) is 8.97. The minimum absolute atomic E-state index is 0.577. The van der Waals surface area contributed by atoms with E-state index in [4.69, 9.17) is 5.73 Å². The summed E-state index contributed by atoms with van der Waals surface area (Å²) in [5.74, 6) is 0. The van der Waals surface area contributed by atoms with Gasteiger partial charge < -0.3 is 5.73 Å². The summed E-state index contributed by atoms with van der Waals surface area (Å²) in [6.45, 7) is 0.577. The maximum absolute atomic E-state index is 5.34. The fourth-order valence-electron chi connectivity index (χ4n) is 0.820. The molecule has 0 unspecified atom stereocenters. The standard InChI is InChI=1S/C9H9Br2N/c10-8-4-3-7(2-1-5-12)6-9(8)11/h1-4,6H,5,12H2/b2-1+. The lowest BCUT2D eigenvalue weighted by Gasteiger charge is -1.97. The van der Waals surface area contributed by atoms with Crippen LogP contribution in [0.25, 0.3) is 6.08 Å². The van der Waals surface area contributed by atoms with Crippen LogP contribution in [-0.4, -0.2) is 6.54 Å². The first-order valence-electron chi connectivity index (χ1n) is 3.55. The summed E-state index contributed by atoms with van der Waals surface area (Å²) in [6.07, 6.45) is 3.92. The quantitative estimate of drug-likeness (QED) is 0.889. The highest BCUT2D eigenvalue weighted by Gasteiger charge is 1.94. The summed E-state index contributed by atoms with van der Waals surface area (Å²) >= 11 is 6.83. The van der Waals surface area contributed by atoms with Gasteiger partial charge >= 0.3 is 0 Å². The van der Waals surface area contributed by atoms with Gasteiger partial charge in [0.2, 0.25) is 0 Å². The lowest BCUT2D eigenvalue weighted by Crippen LogP contribution is -1.91. The maximum atomic E-state index is 5.34. The Morgan fingerprint density at radius 2 is 2.00 bits per heavy atom. The maximum Gasteiger partial charge on any atom is 0.0323 e. The van der Waals surface area contributed by atoms with Crippen LogP contribution in [0.3, 0.4) is 0 Å². The molecular weight excluding hydrogens is 282 g/mol. The summed E-state index contributed by atoms with van der Waals surface area (Å²) in [5.41, 5.74) is 6.49. The molecule has 0 fully saturated rings. The Hall–Kier alpha value is -0.120. The molecule has 0 heterocycles. The van der Waals surface area contributed by atoms with Crippen LogP contribution in [0.15, 0.2) is 33.2 Å². The Labute approximate surface area is 88.9 Å². The van der Waals surface area contributed by atoms with Crippen molar-refractivity contribution in [2.45, 2.75) is 0 Å². The van der Waals surface area contributed by atoms with E-state index in [1.165, 1.54) is 0 Å². The molecule has 64 valence electrons. The van der Waals surface area contributed by atoms with Crippen molar-refractivity contribution in [3.63, 3.8) is 0 Å². The molecule has 0 aliphatic rings. The van der Waals surface area contributed by atoms with Gasteiger partial charge in [0.1, 0.15) is 0 Å². The van der Waals surface area contributed by atoms with Gasteiger partial charge in [-0.2, -0.15) is 0 Å². The van der Waals surface area contributed by atoms with Crippen LogP contribution >= 0.6 is 31.9 Å². The summed E-state index contributed by atoms with van der Waals surface area (Å²) in [5, 5.41) is 0. The van der Waals surface area contributed by atoms with E-state index in [0.717, 1.165) is 14.5 Å². The highest BCUT2D eigenvalue weighted by atomic mass is 79.9. The first-order valence-corrected chi connectivity index (χ1v) is 5.14. The first-order chi connectivity index (χ1) is 5.74. The zero-order valence-electron chi connectivity index (χ0n) is 6.43. The normalized spacial score (nSPS) is 10.9. The van der Waals surface area contributed by atoms with E-state index < -0.39 is 0 Å². The molecule has 1 rings (SSSR count). The van der Waals surface area contributed by atoms with Gasteiger partial charge in [-0.3, -0.25) is 0 Å². The minimum atomic E-state index is 0.577. The van der Waals surface area contributed by atoms with Crippen molar-refractivity contribution in [2.75, 3.05) is 6.54 Å². The SMILES string of the molecule is NC/C=C/c1ccc(Br)c(Br)c1. The molecule has 1 aromatic rings. The Bertz CT molecular complexity index is 295. The Morgan fingerprint density at radius 1 is 1.25 bits per heavy atom. The van der Waals surface area contributed by atoms with Crippen LogP contribution in [0.2, 0.25) is 0 Å². The van der Waals surface area contributed by atoms with Gasteiger partial charge in [-0.15, -0.1) is 0 Å². The van der Waals surface area contributed by atoms with Crippen molar-refractivity contribution in [3.05, 3.63) is 38.8 Å². The van der Waals surface area contributed by atoms with Crippen molar-refractivity contribution in [1.82, 2.24) is 0 Å².